The summed E-state index contributed by atoms with van der Waals surface area (Å²) in [5.41, 5.74) is 0. The SMILES string of the molecule is O=C(NCC1CCCO1)c1nc(CS(=O)(=O)c2ccc(Cl)cc2)no1. The van der Waals surface area contributed by atoms with Crippen LogP contribution in [0.5, 0.6) is 0 Å². The lowest BCUT2D eigenvalue weighted by molar-refractivity contribution is 0.0822. The summed E-state index contributed by atoms with van der Waals surface area (Å²) < 4.78 is 34.9. The summed E-state index contributed by atoms with van der Waals surface area (Å²) in [6.07, 6.45) is 1.83. The van der Waals surface area contributed by atoms with E-state index in [0.29, 0.717) is 18.2 Å². The lowest BCUT2D eigenvalue weighted by atomic mass is 10.2. The highest BCUT2D eigenvalue weighted by atomic mass is 35.5. The molecule has 2 aromatic rings. The molecule has 0 spiro atoms. The number of nitrogens with zero attached hydrogens (tertiary/aromatic N) is 2. The van der Waals surface area contributed by atoms with Crippen molar-refractivity contribution in [2.75, 3.05) is 13.2 Å². The van der Waals surface area contributed by atoms with Crippen LogP contribution in [0.2, 0.25) is 5.02 Å². The Balaban J connectivity index is 1.62. The Labute approximate surface area is 149 Å². The third-order valence-electron chi connectivity index (χ3n) is 3.67. The first-order valence-electron chi connectivity index (χ1n) is 7.65. The summed E-state index contributed by atoms with van der Waals surface area (Å²) >= 11 is 5.75. The number of hydrogen-bond acceptors (Lipinski definition) is 7. The van der Waals surface area contributed by atoms with Crippen LogP contribution in [0.4, 0.5) is 0 Å². The molecule has 134 valence electrons. The number of sulfone groups is 1. The van der Waals surface area contributed by atoms with Crippen molar-refractivity contribution in [1.82, 2.24) is 15.5 Å². The molecule has 1 unspecified atom stereocenters. The molecule has 8 nitrogen and oxygen atoms in total. The summed E-state index contributed by atoms with van der Waals surface area (Å²) in [5.74, 6) is -1.40. The Morgan fingerprint density at radius 3 is 2.76 bits per heavy atom. The quantitative estimate of drug-likeness (QED) is 0.803. The fourth-order valence-corrected chi connectivity index (χ4v) is 3.69. The van der Waals surface area contributed by atoms with E-state index in [2.05, 4.69) is 15.5 Å². The Kier molecular flexibility index (Phi) is 5.36. The smallest absolute Gasteiger partial charge is 0.315 e. The van der Waals surface area contributed by atoms with E-state index in [9.17, 15) is 13.2 Å². The summed E-state index contributed by atoms with van der Waals surface area (Å²) in [6, 6.07) is 5.75. The van der Waals surface area contributed by atoms with Gasteiger partial charge in [0.1, 0.15) is 5.75 Å². The third kappa shape index (κ3) is 4.56. The van der Waals surface area contributed by atoms with Crippen LogP contribution < -0.4 is 5.32 Å². The van der Waals surface area contributed by atoms with Crippen LogP contribution >= 0.6 is 11.6 Å². The Bertz CT molecular complexity index is 844. The van der Waals surface area contributed by atoms with Crippen LogP contribution in [0.15, 0.2) is 33.7 Å². The molecule has 1 amide bonds. The van der Waals surface area contributed by atoms with Crippen molar-refractivity contribution in [3.05, 3.63) is 41.0 Å². The molecule has 2 heterocycles. The molecule has 1 saturated heterocycles. The topological polar surface area (TPSA) is 111 Å². The van der Waals surface area contributed by atoms with Gasteiger partial charge in [0.25, 0.3) is 0 Å². The van der Waals surface area contributed by atoms with Gasteiger partial charge in [-0.25, -0.2) is 8.42 Å². The van der Waals surface area contributed by atoms with Gasteiger partial charge in [0.15, 0.2) is 15.7 Å². The molecule has 10 heteroatoms. The minimum absolute atomic E-state index is 0.0170. The van der Waals surface area contributed by atoms with Gasteiger partial charge in [-0.1, -0.05) is 16.8 Å². The van der Waals surface area contributed by atoms with Gasteiger partial charge in [0.05, 0.1) is 11.0 Å². The number of amides is 1. The number of hydrogen-bond donors (Lipinski definition) is 1. The maximum absolute atomic E-state index is 12.3. The van der Waals surface area contributed by atoms with E-state index in [0.717, 1.165) is 12.8 Å². The van der Waals surface area contributed by atoms with E-state index < -0.39 is 21.5 Å². The monoisotopic (exact) mass is 385 g/mol. The molecule has 1 aliphatic heterocycles. The number of carbonyl (C=O) groups excluding carboxylic acids is 1. The average Bonchev–Trinajstić information content (AvgIpc) is 3.24. The predicted molar refractivity (Wildman–Crippen MR) is 87.9 cm³/mol. The van der Waals surface area contributed by atoms with Crippen LogP contribution in [-0.4, -0.2) is 43.7 Å². The van der Waals surface area contributed by atoms with Gasteiger partial charge >= 0.3 is 11.8 Å². The van der Waals surface area contributed by atoms with Crippen LogP contribution in [-0.2, 0) is 20.3 Å². The first kappa shape index (κ1) is 17.8. The zero-order valence-electron chi connectivity index (χ0n) is 13.1. The van der Waals surface area contributed by atoms with Gasteiger partial charge in [-0.3, -0.25) is 4.79 Å². The lowest BCUT2D eigenvalue weighted by Crippen LogP contribution is -2.31. The molecule has 0 saturated carbocycles. The number of benzene rings is 1. The molecule has 1 N–H and O–H groups in total. The maximum atomic E-state index is 12.3. The molecular formula is C15H16ClN3O5S. The highest BCUT2D eigenvalue weighted by molar-refractivity contribution is 7.90. The van der Waals surface area contributed by atoms with Crippen molar-refractivity contribution in [1.29, 1.82) is 0 Å². The average molecular weight is 386 g/mol. The molecule has 0 radical (unpaired) electrons. The Morgan fingerprint density at radius 1 is 1.32 bits per heavy atom. The van der Waals surface area contributed by atoms with Crippen molar-refractivity contribution in [2.24, 2.45) is 0 Å². The first-order valence-corrected chi connectivity index (χ1v) is 9.68. The standard InChI is InChI=1S/C15H16ClN3O5S/c16-10-3-5-12(6-4-10)25(21,22)9-13-18-15(24-19-13)14(20)17-8-11-2-1-7-23-11/h3-6,11H,1-2,7-9H2,(H,17,20). The highest BCUT2D eigenvalue weighted by Gasteiger charge is 2.23. The van der Waals surface area contributed by atoms with Gasteiger partial charge < -0.3 is 14.6 Å². The van der Waals surface area contributed by atoms with E-state index in [1.165, 1.54) is 24.3 Å². The molecule has 1 aliphatic rings. The second kappa shape index (κ2) is 7.51. The number of rotatable bonds is 6. The summed E-state index contributed by atoms with van der Waals surface area (Å²) in [6.45, 7) is 1.04. The molecule has 1 atom stereocenters. The molecule has 1 aromatic heterocycles. The van der Waals surface area contributed by atoms with Crippen LogP contribution in [0.25, 0.3) is 0 Å². The molecule has 0 bridgehead atoms. The molecule has 3 rings (SSSR count). The molecule has 25 heavy (non-hydrogen) atoms. The van der Waals surface area contributed by atoms with Gasteiger partial charge in [-0.2, -0.15) is 4.98 Å². The number of carbonyl (C=O) groups is 1. The number of halogens is 1. The Morgan fingerprint density at radius 2 is 2.08 bits per heavy atom. The van der Waals surface area contributed by atoms with E-state index in [-0.39, 0.29) is 22.7 Å². The van der Waals surface area contributed by atoms with Crippen LogP contribution in [0.1, 0.15) is 29.4 Å². The Hall–Kier alpha value is -1.97. The molecular weight excluding hydrogens is 370 g/mol. The van der Waals surface area contributed by atoms with Gasteiger partial charge in [-0.05, 0) is 37.1 Å². The van der Waals surface area contributed by atoms with Crippen molar-refractivity contribution < 1.29 is 22.5 Å². The van der Waals surface area contributed by atoms with Crippen molar-refractivity contribution in [3.8, 4) is 0 Å². The molecule has 0 aliphatic carbocycles. The fraction of sp³-hybridized carbons (Fsp3) is 0.400. The maximum Gasteiger partial charge on any atom is 0.315 e. The lowest BCUT2D eigenvalue weighted by Gasteiger charge is -2.08. The van der Waals surface area contributed by atoms with E-state index in [1.807, 2.05) is 0 Å². The predicted octanol–water partition coefficient (Wildman–Crippen LogP) is 1.61. The van der Waals surface area contributed by atoms with Gasteiger partial charge in [0.2, 0.25) is 0 Å². The number of aromatic nitrogens is 2. The summed E-state index contributed by atoms with van der Waals surface area (Å²) in [7, 11) is -3.66. The zero-order valence-corrected chi connectivity index (χ0v) is 14.7. The number of nitrogens with one attached hydrogen (secondary N) is 1. The minimum Gasteiger partial charge on any atom is -0.376 e. The van der Waals surface area contributed by atoms with Crippen LogP contribution in [0.3, 0.4) is 0 Å². The second-order valence-corrected chi connectivity index (χ2v) is 8.00. The van der Waals surface area contributed by atoms with E-state index >= 15 is 0 Å². The first-order chi connectivity index (χ1) is 11.9. The van der Waals surface area contributed by atoms with Crippen molar-refractivity contribution in [3.63, 3.8) is 0 Å². The fourth-order valence-electron chi connectivity index (χ4n) is 2.39. The molecule has 1 aromatic carbocycles. The molecule has 1 fully saturated rings. The number of ether oxygens (including phenoxy) is 1. The zero-order chi connectivity index (χ0) is 17.9. The third-order valence-corrected chi connectivity index (χ3v) is 5.55. The van der Waals surface area contributed by atoms with Gasteiger partial charge in [0, 0.05) is 18.2 Å². The minimum atomic E-state index is -3.66. The van der Waals surface area contributed by atoms with Crippen LogP contribution in [0, 0.1) is 0 Å². The normalized spacial score (nSPS) is 17.6. The van der Waals surface area contributed by atoms with E-state index in [1.54, 1.807) is 0 Å². The van der Waals surface area contributed by atoms with Gasteiger partial charge in [-0.15, -0.1) is 0 Å². The highest BCUT2D eigenvalue weighted by Crippen LogP contribution is 2.18. The largest absolute Gasteiger partial charge is 0.376 e. The summed E-state index contributed by atoms with van der Waals surface area (Å²) in [4.78, 5) is 15.9. The van der Waals surface area contributed by atoms with Crippen molar-refractivity contribution in [2.45, 2.75) is 29.6 Å². The summed E-state index contributed by atoms with van der Waals surface area (Å²) in [5, 5.41) is 6.63. The van der Waals surface area contributed by atoms with E-state index in [4.69, 9.17) is 20.9 Å². The van der Waals surface area contributed by atoms with Crippen molar-refractivity contribution >= 4 is 27.3 Å². The second-order valence-electron chi connectivity index (χ2n) is 5.57.